The van der Waals surface area contributed by atoms with Gasteiger partial charge in [0.2, 0.25) is 5.91 Å². The molecule has 4 heteroatoms. The summed E-state index contributed by atoms with van der Waals surface area (Å²) < 4.78 is 0. The van der Waals surface area contributed by atoms with Gasteiger partial charge in [-0.1, -0.05) is 25.3 Å². The molecule has 0 saturated heterocycles. The predicted molar refractivity (Wildman–Crippen MR) is 82.6 cm³/mol. The second-order valence-corrected chi connectivity index (χ2v) is 6.54. The highest BCUT2D eigenvalue weighted by Gasteiger charge is 2.23. The Morgan fingerprint density at radius 2 is 2.25 bits per heavy atom. The molecule has 1 aromatic heterocycles. The second kappa shape index (κ2) is 7.04. The van der Waals surface area contributed by atoms with Crippen LogP contribution in [0.4, 0.5) is 0 Å². The Morgan fingerprint density at radius 1 is 1.50 bits per heavy atom. The van der Waals surface area contributed by atoms with Crippen LogP contribution in [0.25, 0.3) is 0 Å². The SMILES string of the molecule is CC(O)(CNC(=O)C=CC1CCCCC1)c1ccsc1. The van der Waals surface area contributed by atoms with E-state index in [4.69, 9.17) is 0 Å². The van der Waals surface area contributed by atoms with Crippen molar-refractivity contribution in [2.24, 2.45) is 5.92 Å². The molecule has 1 unspecified atom stereocenters. The lowest BCUT2D eigenvalue weighted by Gasteiger charge is -2.22. The maximum Gasteiger partial charge on any atom is 0.243 e. The normalized spacial score (nSPS) is 19.9. The molecule has 1 amide bonds. The molecule has 0 bridgehead atoms. The lowest BCUT2D eigenvalue weighted by atomic mass is 9.89. The molecule has 0 aromatic carbocycles. The standard InChI is InChI=1S/C16H23NO2S/c1-16(19,14-9-10-20-11-14)12-17-15(18)8-7-13-5-3-2-4-6-13/h7-11,13,19H,2-6,12H2,1H3,(H,17,18). The number of aliphatic hydroxyl groups is 1. The Bertz CT molecular complexity index is 445. The van der Waals surface area contributed by atoms with Gasteiger partial charge in [0.1, 0.15) is 5.60 Å². The van der Waals surface area contributed by atoms with Crippen molar-refractivity contribution in [2.75, 3.05) is 6.54 Å². The molecule has 2 rings (SSSR count). The Labute approximate surface area is 124 Å². The minimum atomic E-state index is -1.01. The average Bonchev–Trinajstić information content (AvgIpc) is 2.99. The van der Waals surface area contributed by atoms with Gasteiger partial charge in [-0.2, -0.15) is 11.3 Å². The molecule has 2 N–H and O–H groups in total. The zero-order valence-electron chi connectivity index (χ0n) is 12.0. The summed E-state index contributed by atoms with van der Waals surface area (Å²) >= 11 is 1.54. The number of thiophene rings is 1. The van der Waals surface area contributed by atoms with Crippen LogP contribution in [-0.2, 0) is 10.4 Å². The van der Waals surface area contributed by atoms with Crippen LogP contribution in [0, 0.1) is 5.92 Å². The Kier molecular flexibility index (Phi) is 5.38. The van der Waals surface area contributed by atoms with Gasteiger partial charge in [-0.3, -0.25) is 4.79 Å². The number of carbonyl (C=O) groups excluding carboxylic acids is 1. The number of amides is 1. The van der Waals surface area contributed by atoms with Crippen molar-refractivity contribution in [1.29, 1.82) is 0 Å². The molecule has 1 aromatic rings. The summed E-state index contributed by atoms with van der Waals surface area (Å²) in [6.07, 6.45) is 9.88. The molecule has 0 aliphatic heterocycles. The van der Waals surface area contributed by atoms with Crippen LogP contribution < -0.4 is 5.32 Å². The first-order chi connectivity index (χ1) is 9.58. The number of nitrogens with one attached hydrogen (secondary N) is 1. The van der Waals surface area contributed by atoms with E-state index < -0.39 is 5.60 Å². The van der Waals surface area contributed by atoms with E-state index >= 15 is 0 Å². The molecule has 1 aliphatic carbocycles. The average molecular weight is 293 g/mol. The van der Waals surface area contributed by atoms with E-state index in [1.165, 1.54) is 32.1 Å². The van der Waals surface area contributed by atoms with Gasteiger partial charge in [0.25, 0.3) is 0 Å². The van der Waals surface area contributed by atoms with Gasteiger partial charge in [0.05, 0.1) is 6.54 Å². The molecule has 0 spiro atoms. The predicted octanol–water partition coefficient (Wildman–Crippen LogP) is 3.21. The third kappa shape index (κ3) is 4.46. The number of carbonyl (C=O) groups is 1. The topological polar surface area (TPSA) is 49.3 Å². The summed E-state index contributed by atoms with van der Waals surface area (Å²) in [5.41, 5.74) is -0.159. The van der Waals surface area contributed by atoms with Crippen LogP contribution in [0.15, 0.2) is 29.0 Å². The van der Waals surface area contributed by atoms with Crippen LogP contribution in [-0.4, -0.2) is 17.6 Å². The van der Waals surface area contributed by atoms with E-state index in [9.17, 15) is 9.90 Å². The highest BCUT2D eigenvalue weighted by Crippen LogP contribution is 2.24. The summed E-state index contributed by atoms with van der Waals surface area (Å²) in [4.78, 5) is 11.8. The monoisotopic (exact) mass is 293 g/mol. The lowest BCUT2D eigenvalue weighted by molar-refractivity contribution is -0.117. The first kappa shape index (κ1) is 15.3. The van der Waals surface area contributed by atoms with Crippen LogP contribution in [0.2, 0.25) is 0 Å². The summed E-state index contributed by atoms with van der Waals surface area (Å²) in [6.45, 7) is 1.96. The first-order valence-corrected chi connectivity index (χ1v) is 8.23. The highest BCUT2D eigenvalue weighted by molar-refractivity contribution is 7.08. The van der Waals surface area contributed by atoms with Crippen molar-refractivity contribution in [2.45, 2.75) is 44.6 Å². The summed E-state index contributed by atoms with van der Waals surface area (Å²) in [5.74, 6) is 0.429. The van der Waals surface area contributed by atoms with E-state index in [1.807, 2.05) is 22.9 Å². The van der Waals surface area contributed by atoms with Crippen molar-refractivity contribution >= 4 is 17.2 Å². The van der Waals surface area contributed by atoms with E-state index in [2.05, 4.69) is 5.32 Å². The molecule has 0 radical (unpaired) electrons. The van der Waals surface area contributed by atoms with E-state index in [0.717, 1.165) is 5.56 Å². The maximum atomic E-state index is 11.8. The molecule has 1 heterocycles. The smallest absolute Gasteiger partial charge is 0.243 e. The Balaban J connectivity index is 1.78. The molecule has 1 atom stereocenters. The molecule has 1 aliphatic rings. The minimum Gasteiger partial charge on any atom is -0.384 e. The van der Waals surface area contributed by atoms with Crippen LogP contribution in [0.5, 0.6) is 0 Å². The van der Waals surface area contributed by atoms with Crippen molar-refractivity contribution in [3.8, 4) is 0 Å². The van der Waals surface area contributed by atoms with Gasteiger partial charge >= 0.3 is 0 Å². The minimum absolute atomic E-state index is 0.119. The number of allylic oxidation sites excluding steroid dienone is 1. The number of rotatable bonds is 5. The van der Waals surface area contributed by atoms with E-state index in [-0.39, 0.29) is 12.5 Å². The van der Waals surface area contributed by atoms with Crippen LogP contribution in [0.3, 0.4) is 0 Å². The van der Waals surface area contributed by atoms with Crippen molar-refractivity contribution in [3.63, 3.8) is 0 Å². The number of hydrogen-bond acceptors (Lipinski definition) is 3. The second-order valence-electron chi connectivity index (χ2n) is 5.76. The molecule has 3 nitrogen and oxygen atoms in total. The summed E-state index contributed by atoms with van der Waals surface area (Å²) in [6, 6.07) is 1.88. The van der Waals surface area contributed by atoms with E-state index in [1.54, 1.807) is 24.3 Å². The zero-order valence-corrected chi connectivity index (χ0v) is 12.8. The molecular formula is C16H23NO2S. The van der Waals surface area contributed by atoms with Crippen molar-refractivity contribution in [1.82, 2.24) is 5.32 Å². The van der Waals surface area contributed by atoms with E-state index in [0.29, 0.717) is 5.92 Å². The fourth-order valence-corrected chi connectivity index (χ4v) is 3.32. The number of hydrogen-bond donors (Lipinski definition) is 2. The van der Waals surface area contributed by atoms with Gasteiger partial charge in [-0.15, -0.1) is 0 Å². The summed E-state index contributed by atoms with van der Waals surface area (Å²) in [7, 11) is 0. The van der Waals surface area contributed by atoms with Gasteiger partial charge in [0.15, 0.2) is 0 Å². The van der Waals surface area contributed by atoms with Gasteiger partial charge in [0, 0.05) is 0 Å². The van der Waals surface area contributed by atoms with Crippen molar-refractivity contribution in [3.05, 3.63) is 34.5 Å². The highest BCUT2D eigenvalue weighted by atomic mass is 32.1. The lowest BCUT2D eigenvalue weighted by Crippen LogP contribution is -2.37. The first-order valence-electron chi connectivity index (χ1n) is 7.29. The van der Waals surface area contributed by atoms with Gasteiger partial charge < -0.3 is 10.4 Å². The molecule has 1 saturated carbocycles. The molecule has 1 fully saturated rings. The summed E-state index contributed by atoms with van der Waals surface area (Å²) in [5, 5.41) is 16.9. The van der Waals surface area contributed by atoms with Gasteiger partial charge in [-0.25, -0.2) is 0 Å². The molecular weight excluding hydrogens is 270 g/mol. The van der Waals surface area contributed by atoms with Crippen LogP contribution >= 0.6 is 11.3 Å². The van der Waals surface area contributed by atoms with Crippen molar-refractivity contribution < 1.29 is 9.90 Å². The third-order valence-corrected chi connectivity index (χ3v) is 4.60. The molecule has 20 heavy (non-hydrogen) atoms. The van der Waals surface area contributed by atoms with Gasteiger partial charge in [-0.05, 0) is 54.1 Å². The van der Waals surface area contributed by atoms with Crippen LogP contribution in [0.1, 0.15) is 44.6 Å². The maximum absolute atomic E-state index is 11.8. The molecule has 110 valence electrons. The largest absolute Gasteiger partial charge is 0.384 e. The third-order valence-electron chi connectivity index (χ3n) is 3.92. The quantitative estimate of drug-likeness (QED) is 0.819. The Morgan fingerprint density at radius 3 is 2.90 bits per heavy atom. The Hall–Kier alpha value is -1.13. The fourth-order valence-electron chi connectivity index (χ4n) is 2.54. The zero-order chi connectivity index (χ0) is 14.4. The fraction of sp³-hybridized carbons (Fsp3) is 0.562.